The molecule has 2 aromatic rings. The smallest absolute Gasteiger partial charge is 0.328 e. The molecule has 0 aliphatic carbocycles. The molecule has 2 aromatic carbocycles. The molecule has 0 bridgehead atoms. The largest absolute Gasteiger partial charge is 0.478 e. The minimum Gasteiger partial charge on any atom is -0.478 e. The van der Waals surface area contributed by atoms with Gasteiger partial charge in [-0.15, -0.1) is 0 Å². The minimum absolute atomic E-state index is 0.104. The third-order valence-corrected chi connectivity index (χ3v) is 9.08. The molecule has 0 saturated heterocycles. The summed E-state index contributed by atoms with van der Waals surface area (Å²) in [6, 6.07) is 20.6. The predicted molar refractivity (Wildman–Crippen MR) is 100 cm³/mol. The third kappa shape index (κ3) is 3.83. The van der Waals surface area contributed by atoms with Gasteiger partial charge in [0, 0.05) is 6.08 Å². The number of rotatable bonds is 6. The van der Waals surface area contributed by atoms with Gasteiger partial charge in [-0.05, 0) is 15.4 Å². The summed E-state index contributed by atoms with van der Waals surface area (Å²) in [6.45, 7) is 6.86. The molecule has 3 nitrogen and oxygen atoms in total. The van der Waals surface area contributed by atoms with Crippen molar-refractivity contribution in [3.8, 4) is 0 Å². The van der Waals surface area contributed by atoms with E-state index in [1.54, 1.807) is 6.08 Å². The van der Waals surface area contributed by atoms with Crippen molar-refractivity contribution in [1.82, 2.24) is 0 Å². The van der Waals surface area contributed by atoms with Crippen LogP contribution in [-0.4, -0.2) is 26.0 Å². The van der Waals surface area contributed by atoms with Crippen LogP contribution in [0.1, 0.15) is 20.8 Å². The SMILES string of the molecule is CC(C)(C)[Si](OC/C=C\C(=O)O)(c1ccccc1)c1ccccc1. The van der Waals surface area contributed by atoms with Gasteiger partial charge in [0.15, 0.2) is 0 Å². The van der Waals surface area contributed by atoms with Crippen LogP contribution in [0.4, 0.5) is 0 Å². The van der Waals surface area contributed by atoms with E-state index in [1.807, 2.05) is 36.4 Å². The average molecular weight is 340 g/mol. The number of aliphatic carboxylic acids is 1. The highest BCUT2D eigenvalue weighted by Crippen LogP contribution is 2.36. The first kappa shape index (κ1) is 18.2. The molecule has 0 aliphatic heterocycles. The lowest BCUT2D eigenvalue weighted by Crippen LogP contribution is -2.66. The minimum atomic E-state index is -2.57. The van der Waals surface area contributed by atoms with Crippen LogP contribution in [0.2, 0.25) is 5.04 Å². The lowest BCUT2D eigenvalue weighted by Gasteiger charge is -2.42. The summed E-state index contributed by atoms with van der Waals surface area (Å²) in [4.78, 5) is 10.7. The van der Waals surface area contributed by atoms with Gasteiger partial charge in [0.05, 0.1) is 6.61 Å². The summed E-state index contributed by atoms with van der Waals surface area (Å²) in [6.07, 6.45) is 2.71. The zero-order chi connectivity index (χ0) is 17.6. The summed E-state index contributed by atoms with van der Waals surface area (Å²) in [5.74, 6) is -0.957. The van der Waals surface area contributed by atoms with Crippen molar-refractivity contribution in [2.24, 2.45) is 0 Å². The Balaban J connectivity index is 2.55. The van der Waals surface area contributed by atoms with Crippen molar-refractivity contribution in [3.05, 3.63) is 72.8 Å². The molecule has 0 amide bonds. The molecule has 4 heteroatoms. The lowest BCUT2D eigenvalue weighted by molar-refractivity contribution is -0.131. The zero-order valence-electron chi connectivity index (χ0n) is 14.4. The highest BCUT2D eigenvalue weighted by atomic mass is 28.4. The van der Waals surface area contributed by atoms with Gasteiger partial charge in [-0.2, -0.15) is 0 Å². The maximum absolute atomic E-state index is 10.7. The summed E-state index contributed by atoms with van der Waals surface area (Å²) in [5.41, 5.74) is 0. The monoisotopic (exact) mass is 340 g/mol. The van der Waals surface area contributed by atoms with E-state index in [2.05, 4.69) is 45.0 Å². The maximum Gasteiger partial charge on any atom is 0.328 e. The fourth-order valence-corrected chi connectivity index (χ4v) is 7.59. The van der Waals surface area contributed by atoms with Crippen molar-refractivity contribution in [2.75, 3.05) is 6.61 Å². The van der Waals surface area contributed by atoms with Crippen LogP contribution >= 0.6 is 0 Å². The highest BCUT2D eigenvalue weighted by Gasteiger charge is 2.49. The molecule has 126 valence electrons. The van der Waals surface area contributed by atoms with Crippen LogP contribution < -0.4 is 10.4 Å². The molecule has 2 rings (SSSR count). The number of benzene rings is 2. The van der Waals surface area contributed by atoms with Crippen molar-refractivity contribution < 1.29 is 14.3 Å². The lowest BCUT2D eigenvalue weighted by atomic mass is 10.2. The van der Waals surface area contributed by atoms with Gasteiger partial charge in [0.2, 0.25) is 0 Å². The molecule has 0 aliphatic rings. The van der Waals surface area contributed by atoms with E-state index in [4.69, 9.17) is 9.53 Å². The zero-order valence-corrected chi connectivity index (χ0v) is 15.4. The average Bonchev–Trinajstić information content (AvgIpc) is 2.55. The molecular weight excluding hydrogens is 316 g/mol. The van der Waals surface area contributed by atoms with E-state index in [0.29, 0.717) is 0 Å². The Hall–Kier alpha value is -2.17. The quantitative estimate of drug-likeness (QED) is 0.649. The van der Waals surface area contributed by atoms with Crippen LogP contribution in [-0.2, 0) is 9.22 Å². The first-order valence-electron chi connectivity index (χ1n) is 8.02. The Morgan fingerprint density at radius 3 is 1.83 bits per heavy atom. The first-order valence-corrected chi connectivity index (χ1v) is 9.93. The summed E-state index contributed by atoms with van der Waals surface area (Å²) in [5, 5.41) is 11.1. The summed E-state index contributed by atoms with van der Waals surface area (Å²) >= 11 is 0. The molecule has 0 spiro atoms. The molecule has 0 atom stereocenters. The van der Waals surface area contributed by atoms with Crippen LogP contribution in [0, 0.1) is 0 Å². The van der Waals surface area contributed by atoms with Crippen molar-refractivity contribution in [1.29, 1.82) is 0 Å². The Bertz CT molecular complexity index is 648. The summed E-state index contributed by atoms with van der Waals surface area (Å²) < 4.78 is 6.51. The van der Waals surface area contributed by atoms with E-state index in [1.165, 1.54) is 10.4 Å². The van der Waals surface area contributed by atoms with E-state index in [9.17, 15) is 4.79 Å². The Labute approximate surface area is 144 Å². The molecule has 0 aromatic heterocycles. The van der Waals surface area contributed by atoms with Gasteiger partial charge in [0.25, 0.3) is 8.32 Å². The molecule has 1 N–H and O–H groups in total. The second-order valence-corrected chi connectivity index (χ2v) is 11.0. The van der Waals surface area contributed by atoms with Gasteiger partial charge in [-0.3, -0.25) is 0 Å². The first-order chi connectivity index (χ1) is 11.4. The predicted octanol–water partition coefficient (Wildman–Crippen LogP) is 3.20. The number of carboxylic acids is 1. The number of hydrogen-bond donors (Lipinski definition) is 1. The van der Waals surface area contributed by atoms with Crippen molar-refractivity contribution in [3.63, 3.8) is 0 Å². The van der Waals surface area contributed by atoms with Crippen LogP contribution in [0.15, 0.2) is 72.8 Å². The van der Waals surface area contributed by atoms with E-state index >= 15 is 0 Å². The van der Waals surface area contributed by atoms with E-state index in [0.717, 1.165) is 6.08 Å². The molecule has 0 unspecified atom stereocenters. The fraction of sp³-hybridized carbons (Fsp3) is 0.250. The molecular formula is C20H24O3Si. The van der Waals surface area contributed by atoms with Crippen molar-refractivity contribution >= 4 is 24.7 Å². The van der Waals surface area contributed by atoms with Gasteiger partial charge in [0.1, 0.15) is 0 Å². The summed E-state index contributed by atoms with van der Waals surface area (Å²) in [7, 11) is -2.57. The number of carboxylic acid groups (broad SMARTS) is 1. The molecule has 0 heterocycles. The molecule has 0 radical (unpaired) electrons. The molecule has 24 heavy (non-hydrogen) atoms. The Kier molecular flexibility index (Phi) is 5.75. The van der Waals surface area contributed by atoms with Gasteiger partial charge in [-0.1, -0.05) is 87.5 Å². The third-order valence-electron chi connectivity index (χ3n) is 4.07. The second-order valence-electron chi connectivity index (χ2n) is 6.71. The van der Waals surface area contributed by atoms with Crippen LogP contribution in [0.5, 0.6) is 0 Å². The Morgan fingerprint density at radius 2 is 1.46 bits per heavy atom. The van der Waals surface area contributed by atoms with Crippen LogP contribution in [0.3, 0.4) is 0 Å². The van der Waals surface area contributed by atoms with Gasteiger partial charge in [-0.25, -0.2) is 4.79 Å². The van der Waals surface area contributed by atoms with Gasteiger partial charge >= 0.3 is 5.97 Å². The van der Waals surface area contributed by atoms with Crippen LogP contribution in [0.25, 0.3) is 0 Å². The normalized spacial score (nSPS) is 12.5. The number of carbonyl (C=O) groups is 1. The second kappa shape index (κ2) is 7.60. The topological polar surface area (TPSA) is 46.5 Å². The maximum atomic E-state index is 10.7. The molecule has 0 fully saturated rings. The highest BCUT2D eigenvalue weighted by molar-refractivity contribution is 6.99. The fourth-order valence-electron chi connectivity index (χ4n) is 3.08. The van der Waals surface area contributed by atoms with E-state index < -0.39 is 14.3 Å². The number of hydrogen-bond acceptors (Lipinski definition) is 2. The van der Waals surface area contributed by atoms with E-state index in [-0.39, 0.29) is 11.6 Å². The van der Waals surface area contributed by atoms with Gasteiger partial charge < -0.3 is 9.53 Å². The van der Waals surface area contributed by atoms with Crippen molar-refractivity contribution in [2.45, 2.75) is 25.8 Å². The standard InChI is InChI=1S/C20H24O3Si/c1-20(2,3)24(17-11-6-4-7-12-17,18-13-8-5-9-14-18)23-16-10-15-19(21)22/h4-15H,16H2,1-3H3,(H,21,22)/b15-10-. The molecule has 0 saturated carbocycles. The Morgan fingerprint density at radius 1 is 1.00 bits per heavy atom.